The van der Waals surface area contributed by atoms with Crippen molar-refractivity contribution < 1.29 is 19.4 Å². The molecule has 0 saturated carbocycles. The fourth-order valence-electron chi connectivity index (χ4n) is 2.14. The van der Waals surface area contributed by atoms with Gasteiger partial charge in [0.25, 0.3) is 0 Å². The normalized spacial score (nSPS) is 11.5. The molecule has 0 unspecified atom stereocenters. The Morgan fingerprint density at radius 1 is 1.04 bits per heavy atom. The molecule has 0 heterocycles. The number of phenolic OH excluding ortho intramolecular Hbond substituents is 1. The van der Waals surface area contributed by atoms with Crippen LogP contribution in [0.3, 0.4) is 0 Å². The number of hydrogen-bond acceptors (Lipinski definition) is 4. The molecule has 0 fully saturated rings. The molecule has 2 N–H and O–H groups in total. The maximum absolute atomic E-state index is 12.2. The standard InChI is InChI=1S/C18H19NO4/c1-13(20)19-17(11-14-7-9-16(21)10-8-14)18(22)23-12-15-5-3-2-4-6-15/h2-10,17,21H,11-12H2,1H3,(H,19,20)/t17-/m0/s1. The Balaban J connectivity index is 2.00. The van der Waals surface area contributed by atoms with E-state index in [1.807, 2.05) is 30.3 Å². The quantitative estimate of drug-likeness (QED) is 0.802. The van der Waals surface area contributed by atoms with Crippen LogP contribution in [0.4, 0.5) is 0 Å². The van der Waals surface area contributed by atoms with Crippen LogP contribution in [-0.4, -0.2) is 23.0 Å². The highest BCUT2D eigenvalue weighted by atomic mass is 16.5. The van der Waals surface area contributed by atoms with Crippen molar-refractivity contribution in [1.82, 2.24) is 5.32 Å². The van der Waals surface area contributed by atoms with Gasteiger partial charge in [0.05, 0.1) is 0 Å². The number of ether oxygens (including phenoxy) is 1. The molecular weight excluding hydrogens is 294 g/mol. The smallest absolute Gasteiger partial charge is 0.329 e. The van der Waals surface area contributed by atoms with Crippen molar-refractivity contribution in [2.45, 2.75) is 26.0 Å². The third-order valence-corrected chi connectivity index (χ3v) is 3.26. The molecule has 1 atom stereocenters. The summed E-state index contributed by atoms with van der Waals surface area (Å²) in [6.07, 6.45) is 0.299. The second-order valence-electron chi connectivity index (χ2n) is 5.22. The van der Waals surface area contributed by atoms with Crippen LogP contribution in [0, 0.1) is 0 Å². The molecule has 0 saturated heterocycles. The van der Waals surface area contributed by atoms with Gasteiger partial charge in [-0.05, 0) is 23.3 Å². The third kappa shape index (κ3) is 5.47. The Kier molecular flexibility index (Phi) is 5.74. The van der Waals surface area contributed by atoms with E-state index in [0.29, 0.717) is 6.42 Å². The van der Waals surface area contributed by atoms with Crippen LogP contribution in [0.5, 0.6) is 5.75 Å². The summed E-state index contributed by atoms with van der Waals surface area (Å²) < 4.78 is 5.28. The van der Waals surface area contributed by atoms with Crippen molar-refractivity contribution in [1.29, 1.82) is 0 Å². The first-order chi connectivity index (χ1) is 11.0. The van der Waals surface area contributed by atoms with Crippen molar-refractivity contribution in [3.05, 3.63) is 65.7 Å². The molecule has 2 aromatic carbocycles. The Hall–Kier alpha value is -2.82. The number of amides is 1. The lowest BCUT2D eigenvalue weighted by molar-refractivity contribution is -0.149. The average molecular weight is 313 g/mol. The van der Waals surface area contributed by atoms with Gasteiger partial charge in [0.2, 0.25) is 5.91 Å². The Morgan fingerprint density at radius 3 is 2.30 bits per heavy atom. The fourth-order valence-corrected chi connectivity index (χ4v) is 2.14. The third-order valence-electron chi connectivity index (χ3n) is 3.26. The number of carbonyl (C=O) groups is 2. The number of nitrogens with one attached hydrogen (secondary N) is 1. The molecule has 0 aromatic heterocycles. The first-order valence-corrected chi connectivity index (χ1v) is 7.30. The largest absolute Gasteiger partial charge is 0.508 e. The molecule has 2 rings (SSSR count). The van der Waals surface area contributed by atoms with E-state index in [9.17, 15) is 14.7 Å². The molecular formula is C18H19NO4. The number of esters is 1. The summed E-state index contributed by atoms with van der Waals surface area (Å²) in [5.41, 5.74) is 1.70. The van der Waals surface area contributed by atoms with E-state index in [-0.39, 0.29) is 18.3 Å². The maximum atomic E-state index is 12.2. The number of benzene rings is 2. The summed E-state index contributed by atoms with van der Waals surface area (Å²) in [4.78, 5) is 23.6. The monoisotopic (exact) mass is 313 g/mol. The first-order valence-electron chi connectivity index (χ1n) is 7.30. The molecule has 1 amide bonds. The van der Waals surface area contributed by atoms with Gasteiger partial charge in [-0.15, -0.1) is 0 Å². The zero-order valence-corrected chi connectivity index (χ0v) is 12.9. The molecule has 0 aliphatic rings. The van der Waals surface area contributed by atoms with Gasteiger partial charge in [-0.3, -0.25) is 4.79 Å². The molecule has 0 bridgehead atoms. The van der Waals surface area contributed by atoms with Crippen molar-refractivity contribution in [2.75, 3.05) is 0 Å². The highest BCUT2D eigenvalue weighted by Gasteiger charge is 2.21. The van der Waals surface area contributed by atoms with Gasteiger partial charge in [0.15, 0.2) is 0 Å². The Morgan fingerprint density at radius 2 is 1.70 bits per heavy atom. The first kappa shape index (κ1) is 16.5. The molecule has 5 heteroatoms. The minimum absolute atomic E-state index is 0.150. The Labute approximate surface area is 134 Å². The second-order valence-corrected chi connectivity index (χ2v) is 5.22. The molecule has 0 aliphatic carbocycles. The molecule has 0 aliphatic heterocycles. The van der Waals surface area contributed by atoms with E-state index in [1.54, 1.807) is 12.1 Å². The lowest BCUT2D eigenvalue weighted by Gasteiger charge is -2.17. The van der Waals surface area contributed by atoms with Crippen LogP contribution in [0.1, 0.15) is 18.1 Å². The number of phenols is 1. The predicted octanol–water partition coefficient (Wildman–Crippen LogP) is 2.18. The number of rotatable bonds is 6. The lowest BCUT2D eigenvalue weighted by atomic mass is 10.1. The summed E-state index contributed by atoms with van der Waals surface area (Å²) >= 11 is 0. The van der Waals surface area contributed by atoms with Crippen LogP contribution in [0.25, 0.3) is 0 Å². The van der Waals surface area contributed by atoms with Crippen LogP contribution >= 0.6 is 0 Å². The predicted molar refractivity (Wildman–Crippen MR) is 85.7 cm³/mol. The molecule has 120 valence electrons. The zero-order valence-electron chi connectivity index (χ0n) is 12.9. The molecule has 23 heavy (non-hydrogen) atoms. The van der Waals surface area contributed by atoms with Crippen molar-refractivity contribution in [3.63, 3.8) is 0 Å². The van der Waals surface area contributed by atoms with Crippen LogP contribution in [0.15, 0.2) is 54.6 Å². The summed E-state index contributed by atoms with van der Waals surface area (Å²) in [5, 5.41) is 11.9. The van der Waals surface area contributed by atoms with Crippen molar-refractivity contribution >= 4 is 11.9 Å². The Bertz CT molecular complexity index is 652. The molecule has 2 aromatic rings. The van der Waals surface area contributed by atoms with Gasteiger partial charge in [0, 0.05) is 13.3 Å². The molecule has 0 radical (unpaired) electrons. The summed E-state index contributed by atoms with van der Waals surface area (Å²) in [6.45, 7) is 1.51. The van der Waals surface area contributed by atoms with E-state index >= 15 is 0 Å². The van der Waals surface area contributed by atoms with Crippen molar-refractivity contribution in [3.8, 4) is 5.75 Å². The van der Waals surface area contributed by atoms with Crippen molar-refractivity contribution in [2.24, 2.45) is 0 Å². The van der Waals surface area contributed by atoms with Gasteiger partial charge in [-0.25, -0.2) is 4.79 Å². The van der Waals surface area contributed by atoms with Crippen LogP contribution in [-0.2, 0) is 27.4 Å². The average Bonchev–Trinajstić information content (AvgIpc) is 2.54. The maximum Gasteiger partial charge on any atom is 0.329 e. The number of hydrogen-bond donors (Lipinski definition) is 2. The fraction of sp³-hybridized carbons (Fsp3) is 0.222. The highest BCUT2D eigenvalue weighted by Crippen LogP contribution is 2.12. The summed E-state index contributed by atoms with van der Waals surface area (Å²) in [7, 11) is 0. The van der Waals surface area contributed by atoms with E-state index in [1.165, 1.54) is 19.1 Å². The van der Waals surface area contributed by atoms with Crippen LogP contribution in [0.2, 0.25) is 0 Å². The van der Waals surface area contributed by atoms with E-state index in [2.05, 4.69) is 5.32 Å². The van der Waals surface area contributed by atoms with E-state index < -0.39 is 12.0 Å². The minimum Gasteiger partial charge on any atom is -0.508 e. The van der Waals surface area contributed by atoms with E-state index in [0.717, 1.165) is 11.1 Å². The van der Waals surface area contributed by atoms with Gasteiger partial charge in [0.1, 0.15) is 18.4 Å². The molecule has 5 nitrogen and oxygen atoms in total. The summed E-state index contributed by atoms with van der Waals surface area (Å²) in [5.74, 6) is -0.640. The second kappa shape index (κ2) is 7.98. The number of carbonyl (C=O) groups excluding carboxylic acids is 2. The SMILES string of the molecule is CC(=O)N[C@@H](Cc1ccc(O)cc1)C(=O)OCc1ccccc1. The minimum atomic E-state index is -0.763. The topological polar surface area (TPSA) is 75.6 Å². The zero-order chi connectivity index (χ0) is 16.7. The van der Waals surface area contributed by atoms with E-state index in [4.69, 9.17) is 4.74 Å². The van der Waals surface area contributed by atoms with Crippen LogP contribution < -0.4 is 5.32 Å². The summed E-state index contributed by atoms with van der Waals surface area (Å²) in [6, 6.07) is 15.1. The highest BCUT2D eigenvalue weighted by molar-refractivity contribution is 5.83. The van der Waals surface area contributed by atoms with Gasteiger partial charge >= 0.3 is 5.97 Å². The number of aromatic hydroxyl groups is 1. The van der Waals surface area contributed by atoms with Gasteiger partial charge in [-0.2, -0.15) is 0 Å². The van der Waals surface area contributed by atoms with Gasteiger partial charge in [-0.1, -0.05) is 42.5 Å². The van der Waals surface area contributed by atoms with Gasteiger partial charge < -0.3 is 15.2 Å². The molecule has 0 spiro atoms. The lowest BCUT2D eigenvalue weighted by Crippen LogP contribution is -2.42.